The Kier molecular flexibility index (Phi) is 4.65. The zero-order chi connectivity index (χ0) is 15.0. The van der Waals surface area contributed by atoms with Crippen molar-refractivity contribution >= 4 is 72.0 Å². The third kappa shape index (κ3) is 3.31. The summed E-state index contributed by atoms with van der Waals surface area (Å²) in [4.78, 5) is 17.1. The van der Waals surface area contributed by atoms with Crippen LogP contribution in [0.25, 0.3) is 10.9 Å². The quantitative estimate of drug-likeness (QED) is 0.431. The summed E-state index contributed by atoms with van der Waals surface area (Å²) in [7, 11) is 0. The summed E-state index contributed by atoms with van der Waals surface area (Å²) in [5, 5.41) is 0.672. The molecule has 0 saturated carbocycles. The second-order valence-electron chi connectivity index (χ2n) is 4.59. The van der Waals surface area contributed by atoms with Crippen LogP contribution in [0.5, 0.6) is 0 Å². The van der Waals surface area contributed by atoms with E-state index in [1.807, 2.05) is 36.4 Å². The SMILES string of the molecule is O=c1c2cc(I)cc(I)c2ncn1Cc1ccc(Br)cc1. The molecule has 0 atom stereocenters. The Labute approximate surface area is 157 Å². The number of aromatic nitrogens is 2. The van der Waals surface area contributed by atoms with Crippen molar-refractivity contribution in [1.82, 2.24) is 9.55 Å². The molecule has 6 heteroatoms. The van der Waals surface area contributed by atoms with Gasteiger partial charge in [-0.3, -0.25) is 9.36 Å². The van der Waals surface area contributed by atoms with Crippen molar-refractivity contribution in [3.05, 3.63) is 70.3 Å². The predicted molar refractivity (Wildman–Crippen MR) is 105 cm³/mol. The number of fused-ring (bicyclic) bond motifs is 1. The molecule has 1 aromatic heterocycles. The fraction of sp³-hybridized carbons (Fsp3) is 0.0667. The van der Waals surface area contributed by atoms with Gasteiger partial charge in [0.15, 0.2) is 0 Å². The molecule has 0 saturated heterocycles. The van der Waals surface area contributed by atoms with Crippen molar-refractivity contribution in [2.45, 2.75) is 6.54 Å². The summed E-state index contributed by atoms with van der Waals surface area (Å²) in [5.74, 6) is 0. The van der Waals surface area contributed by atoms with Gasteiger partial charge in [-0.1, -0.05) is 28.1 Å². The van der Waals surface area contributed by atoms with E-state index < -0.39 is 0 Å². The van der Waals surface area contributed by atoms with Crippen molar-refractivity contribution in [3.63, 3.8) is 0 Å². The van der Waals surface area contributed by atoms with E-state index >= 15 is 0 Å². The molecule has 0 radical (unpaired) electrons. The molecule has 2 aromatic carbocycles. The van der Waals surface area contributed by atoms with Crippen molar-refractivity contribution in [2.24, 2.45) is 0 Å². The average molecular weight is 567 g/mol. The topological polar surface area (TPSA) is 34.9 Å². The molecule has 0 unspecified atom stereocenters. The maximum absolute atomic E-state index is 12.6. The molecule has 0 fully saturated rings. The Morgan fingerprint density at radius 2 is 1.86 bits per heavy atom. The van der Waals surface area contributed by atoms with Gasteiger partial charge in [0.05, 0.1) is 23.8 Å². The molecule has 3 nitrogen and oxygen atoms in total. The van der Waals surface area contributed by atoms with E-state index in [1.165, 1.54) is 0 Å². The van der Waals surface area contributed by atoms with Crippen LogP contribution in [0.2, 0.25) is 0 Å². The lowest BCUT2D eigenvalue weighted by Crippen LogP contribution is -2.21. The Hall–Kier alpha value is -0.480. The van der Waals surface area contributed by atoms with Crippen molar-refractivity contribution in [3.8, 4) is 0 Å². The lowest BCUT2D eigenvalue weighted by molar-refractivity contribution is 0.748. The second-order valence-corrected chi connectivity index (χ2v) is 7.91. The Morgan fingerprint density at radius 1 is 1.14 bits per heavy atom. The lowest BCUT2D eigenvalue weighted by Gasteiger charge is -2.08. The van der Waals surface area contributed by atoms with Gasteiger partial charge < -0.3 is 0 Å². The minimum Gasteiger partial charge on any atom is -0.294 e. The highest BCUT2D eigenvalue weighted by molar-refractivity contribution is 14.1. The Morgan fingerprint density at radius 3 is 2.57 bits per heavy atom. The standard InChI is InChI=1S/C15H9BrI2N2O/c16-10-3-1-9(2-4-10)7-20-8-19-14-12(15(20)21)5-11(17)6-13(14)18/h1-6,8H,7H2. The molecule has 0 N–H and O–H groups in total. The summed E-state index contributed by atoms with van der Waals surface area (Å²) in [6, 6.07) is 11.9. The number of hydrogen-bond donors (Lipinski definition) is 0. The van der Waals surface area contributed by atoms with E-state index in [4.69, 9.17) is 0 Å². The lowest BCUT2D eigenvalue weighted by atomic mass is 10.2. The molecular formula is C15H9BrI2N2O. The van der Waals surface area contributed by atoms with Gasteiger partial charge in [0, 0.05) is 11.6 Å². The van der Waals surface area contributed by atoms with Crippen LogP contribution in [-0.4, -0.2) is 9.55 Å². The highest BCUT2D eigenvalue weighted by Crippen LogP contribution is 2.19. The van der Waals surface area contributed by atoms with Crippen LogP contribution >= 0.6 is 61.1 Å². The van der Waals surface area contributed by atoms with Crippen LogP contribution < -0.4 is 5.56 Å². The first-order chi connectivity index (χ1) is 10.0. The minimum atomic E-state index is -0.000601. The summed E-state index contributed by atoms with van der Waals surface area (Å²) < 4.78 is 4.73. The second kappa shape index (κ2) is 6.33. The number of halogens is 3. The molecule has 0 spiro atoms. The minimum absolute atomic E-state index is 0.000601. The van der Waals surface area contributed by atoms with Crippen molar-refractivity contribution in [1.29, 1.82) is 0 Å². The first-order valence-corrected chi connectivity index (χ1v) is 9.08. The monoisotopic (exact) mass is 566 g/mol. The average Bonchev–Trinajstić information content (AvgIpc) is 2.45. The van der Waals surface area contributed by atoms with Crippen LogP contribution in [0, 0.1) is 7.14 Å². The molecule has 106 valence electrons. The Balaban J connectivity index is 2.10. The zero-order valence-corrected chi connectivity index (χ0v) is 16.6. The normalized spacial score (nSPS) is 11.0. The smallest absolute Gasteiger partial charge is 0.261 e. The number of hydrogen-bond acceptors (Lipinski definition) is 2. The molecule has 21 heavy (non-hydrogen) atoms. The van der Waals surface area contributed by atoms with E-state index in [1.54, 1.807) is 10.9 Å². The summed E-state index contributed by atoms with van der Waals surface area (Å²) in [6.45, 7) is 0.525. The van der Waals surface area contributed by atoms with Gasteiger partial charge in [-0.05, 0) is 75.0 Å². The molecule has 3 aromatic rings. The van der Waals surface area contributed by atoms with Gasteiger partial charge in [-0.2, -0.15) is 0 Å². The van der Waals surface area contributed by atoms with Crippen LogP contribution in [0.1, 0.15) is 5.56 Å². The molecule has 0 bridgehead atoms. The fourth-order valence-electron chi connectivity index (χ4n) is 2.09. The first kappa shape index (κ1) is 15.4. The number of benzene rings is 2. The zero-order valence-electron chi connectivity index (χ0n) is 10.7. The highest BCUT2D eigenvalue weighted by Gasteiger charge is 2.08. The predicted octanol–water partition coefficient (Wildman–Crippen LogP) is 4.42. The van der Waals surface area contributed by atoms with Gasteiger partial charge in [-0.15, -0.1) is 0 Å². The molecule has 0 aliphatic carbocycles. The summed E-state index contributed by atoms with van der Waals surface area (Å²) >= 11 is 7.85. The summed E-state index contributed by atoms with van der Waals surface area (Å²) in [5.41, 5.74) is 1.84. The van der Waals surface area contributed by atoms with Crippen LogP contribution in [0.3, 0.4) is 0 Å². The van der Waals surface area contributed by atoms with Crippen molar-refractivity contribution < 1.29 is 0 Å². The van der Waals surface area contributed by atoms with Gasteiger partial charge in [0.1, 0.15) is 0 Å². The third-order valence-corrected chi connectivity index (χ3v) is 5.09. The van der Waals surface area contributed by atoms with Crippen LogP contribution in [0.4, 0.5) is 0 Å². The number of rotatable bonds is 2. The maximum Gasteiger partial charge on any atom is 0.261 e. The Bertz CT molecular complexity index is 875. The molecule has 0 aliphatic rings. The molecule has 0 aliphatic heterocycles. The third-order valence-electron chi connectivity index (χ3n) is 3.11. The molecule has 0 amide bonds. The molecule has 3 rings (SSSR count). The highest BCUT2D eigenvalue weighted by atomic mass is 127. The van der Waals surface area contributed by atoms with Crippen molar-refractivity contribution in [2.75, 3.05) is 0 Å². The molecular weight excluding hydrogens is 558 g/mol. The van der Waals surface area contributed by atoms with E-state index in [0.29, 0.717) is 11.9 Å². The van der Waals surface area contributed by atoms with Gasteiger partial charge in [-0.25, -0.2) is 4.98 Å². The van der Waals surface area contributed by atoms with E-state index in [0.717, 1.165) is 22.7 Å². The van der Waals surface area contributed by atoms with E-state index in [9.17, 15) is 4.79 Å². The fourth-order valence-corrected chi connectivity index (χ4v) is 4.34. The largest absolute Gasteiger partial charge is 0.294 e. The van der Waals surface area contributed by atoms with E-state index in [-0.39, 0.29) is 5.56 Å². The van der Waals surface area contributed by atoms with E-state index in [2.05, 4.69) is 66.1 Å². The van der Waals surface area contributed by atoms with Crippen LogP contribution in [0.15, 0.2) is 52.0 Å². The summed E-state index contributed by atoms with van der Waals surface area (Å²) in [6.07, 6.45) is 1.63. The molecule has 1 heterocycles. The number of nitrogens with zero attached hydrogens (tertiary/aromatic N) is 2. The van der Waals surface area contributed by atoms with Crippen LogP contribution in [-0.2, 0) is 6.54 Å². The maximum atomic E-state index is 12.6. The van der Waals surface area contributed by atoms with Gasteiger partial charge >= 0.3 is 0 Å². The van der Waals surface area contributed by atoms with Gasteiger partial charge in [0.25, 0.3) is 5.56 Å². The van der Waals surface area contributed by atoms with Gasteiger partial charge in [0.2, 0.25) is 0 Å². The first-order valence-electron chi connectivity index (χ1n) is 6.13.